The van der Waals surface area contributed by atoms with Crippen molar-refractivity contribution >= 4 is 16.9 Å². The molecule has 1 aliphatic heterocycles. The van der Waals surface area contributed by atoms with E-state index in [0.29, 0.717) is 5.82 Å². The minimum absolute atomic E-state index is 0. The summed E-state index contributed by atoms with van der Waals surface area (Å²) in [6.07, 6.45) is 2.89. The molecule has 111 valence electrons. The quantitative estimate of drug-likeness (QED) is 0.822. The van der Waals surface area contributed by atoms with E-state index in [2.05, 4.69) is 16.9 Å². The third-order valence-corrected chi connectivity index (χ3v) is 3.34. The van der Waals surface area contributed by atoms with Gasteiger partial charge in [-0.15, -0.1) is 0 Å². The number of pyridine rings is 1. The van der Waals surface area contributed by atoms with E-state index in [1.165, 1.54) is 0 Å². The predicted molar refractivity (Wildman–Crippen MR) is 75.6 cm³/mol. The SMILES string of the molecule is [CH2-][C@H]1OC(C)(C)O[C@H]1[CH-]n1cnc2c(C)cnc(N)c21.[Y]. The molecule has 0 unspecified atom stereocenters. The van der Waals surface area contributed by atoms with Crippen LogP contribution in [0.3, 0.4) is 0 Å². The first-order valence-corrected chi connectivity index (χ1v) is 6.49. The van der Waals surface area contributed by atoms with Crippen LogP contribution in [0.2, 0.25) is 0 Å². The monoisotopic (exact) mass is 363 g/mol. The summed E-state index contributed by atoms with van der Waals surface area (Å²) in [5.41, 5.74) is 8.56. The van der Waals surface area contributed by atoms with Crippen molar-refractivity contribution in [1.29, 1.82) is 0 Å². The van der Waals surface area contributed by atoms with Crippen LogP contribution in [0.25, 0.3) is 11.0 Å². The number of nitrogens with zero attached hydrogens (tertiary/aromatic N) is 3. The Hall–Kier alpha value is -0.686. The number of hydrogen-bond donors (Lipinski definition) is 1. The molecule has 0 spiro atoms. The summed E-state index contributed by atoms with van der Waals surface area (Å²) < 4.78 is 13.3. The van der Waals surface area contributed by atoms with Crippen molar-refractivity contribution in [2.45, 2.75) is 38.8 Å². The van der Waals surface area contributed by atoms with E-state index in [1.54, 1.807) is 12.5 Å². The zero-order valence-electron chi connectivity index (χ0n) is 12.4. The standard InChI is InChI=1S/C14H18N4O2.Y/c1-8-5-16-13(15)12-11(8)17-7-18(12)6-10-9(2)19-14(3,4)20-10;/h5-7,9-10H,2H2,1,3-4H3,(H2,15,16);/q-2;/t9-,10+;/m1./s1. The molecule has 2 aromatic rings. The van der Waals surface area contributed by atoms with Crippen molar-refractivity contribution in [1.82, 2.24) is 14.5 Å². The first kappa shape index (κ1) is 16.7. The maximum absolute atomic E-state index is 5.95. The average molecular weight is 363 g/mol. The van der Waals surface area contributed by atoms with E-state index >= 15 is 0 Å². The van der Waals surface area contributed by atoms with Crippen LogP contribution in [0.4, 0.5) is 5.82 Å². The van der Waals surface area contributed by atoms with Crippen LogP contribution in [-0.4, -0.2) is 32.5 Å². The normalized spacial score (nSPS) is 24.0. The summed E-state index contributed by atoms with van der Waals surface area (Å²) in [4.78, 5) is 8.55. The molecule has 21 heavy (non-hydrogen) atoms. The Morgan fingerprint density at radius 1 is 1.38 bits per heavy atom. The molecule has 1 saturated heterocycles. The number of anilines is 1. The van der Waals surface area contributed by atoms with E-state index in [1.807, 2.05) is 31.9 Å². The molecule has 0 amide bonds. The first-order chi connectivity index (χ1) is 9.37. The third kappa shape index (κ3) is 3.09. The fourth-order valence-corrected chi connectivity index (χ4v) is 2.45. The fourth-order valence-electron chi connectivity index (χ4n) is 2.45. The number of aromatic nitrogens is 3. The van der Waals surface area contributed by atoms with E-state index in [0.717, 1.165) is 16.6 Å². The second-order valence-corrected chi connectivity index (χ2v) is 5.46. The minimum atomic E-state index is -0.635. The minimum Gasteiger partial charge on any atom is -0.463 e. The summed E-state index contributed by atoms with van der Waals surface area (Å²) >= 11 is 0. The molecule has 0 aliphatic carbocycles. The van der Waals surface area contributed by atoms with Gasteiger partial charge in [-0.3, -0.25) is 4.98 Å². The van der Waals surface area contributed by atoms with Gasteiger partial charge < -0.3 is 31.7 Å². The van der Waals surface area contributed by atoms with Gasteiger partial charge in [-0.05, 0) is 38.8 Å². The number of nitrogens with two attached hydrogens (primary N) is 1. The van der Waals surface area contributed by atoms with Crippen LogP contribution in [0.1, 0.15) is 19.4 Å². The van der Waals surface area contributed by atoms with Gasteiger partial charge in [0, 0.05) is 56.0 Å². The van der Waals surface area contributed by atoms with Crippen LogP contribution in [-0.2, 0) is 42.2 Å². The second kappa shape index (κ2) is 5.84. The van der Waals surface area contributed by atoms with E-state index in [4.69, 9.17) is 15.2 Å². The Kier molecular flexibility index (Phi) is 4.64. The van der Waals surface area contributed by atoms with Crippen molar-refractivity contribution in [2.75, 3.05) is 5.73 Å². The molecular formula is C14H18N4O2Y-2. The predicted octanol–water partition coefficient (Wildman–Crippen LogP) is 1.68. The Balaban J connectivity index is 0.00000161. The van der Waals surface area contributed by atoms with Gasteiger partial charge in [-0.2, -0.15) is 0 Å². The van der Waals surface area contributed by atoms with Gasteiger partial charge in [0.25, 0.3) is 0 Å². The molecule has 1 radical (unpaired) electrons. The van der Waals surface area contributed by atoms with Crippen LogP contribution in [0.5, 0.6) is 0 Å². The molecule has 7 heteroatoms. The molecule has 2 N–H and O–H groups in total. The summed E-state index contributed by atoms with van der Waals surface area (Å²) in [5.74, 6) is -0.193. The fraction of sp³-hybridized carbons (Fsp3) is 0.429. The van der Waals surface area contributed by atoms with Crippen molar-refractivity contribution in [3.8, 4) is 0 Å². The second-order valence-electron chi connectivity index (χ2n) is 5.46. The van der Waals surface area contributed by atoms with Crippen molar-refractivity contribution in [3.05, 3.63) is 31.6 Å². The van der Waals surface area contributed by atoms with Crippen LogP contribution in [0, 0.1) is 20.4 Å². The van der Waals surface area contributed by atoms with Gasteiger partial charge in [-0.25, -0.2) is 0 Å². The summed E-state index contributed by atoms with van der Waals surface area (Å²) in [5, 5.41) is 0. The zero-order valence-corrected chi connectivity index (χ0v) is 15.2. The molecule has 0 saturated carbocycles. The van der Waals surface area contributed by atoms with Gasteiger partial charge in [0.15, 0.2) is 5.79 Å². The molecule has 3 rings (SSSR count). The summed E-state index contributed by atoms with van der Waals surface area (Å²) in [6, 6.07) is 0. The number of aryl methyl sites for hydroxylation is 1. The van der Waals surface area contributed by atoms with Gasteiger partial charge in [-0.1, -0.05) is 6.54 Å². The van der Waals surface area contributed by atoms with E-state index < -0.39 is 5.79 Å². The third-order valence-electron chi connectivity index (χ3n) is 3.34. The molecule has 2 aromatic heterocycles. The van der Waals surface area contributed by atoms with Gasteiger partial charge in [0.05, 0.1) is 5.82 Å². The molecule has 3 heterocycles. The van der Waals surface area contributed by atoms with Gasteiger partial charge in [0.2, 0.25) is 0 Å². The molecular weight excluding hydrogens is 345 g/mol. The number of imidazole rings is 1. The molecule has 1 fully saturated rings. The molecule has 2 atom stereocenters. The maximum Gasteiger partial charge on any atom is 0.159 e. The van der Waals surface area contributed by atoms with Crippen molar-refractivity contribution in [2.24, 2.45) is 0 Å². The maximum atomic E-state index is 5.95. The smallest absolute Gasteiger partial charge is 0.159 e. The summed E-state index contributed by atoms with van der Waals surface area (Å²) in [6.45, 7) is 11.5. The van der Waals surface area contributed by atoms with Crippen LogP contribution >= 0.6 is 0 Å². The largest absolute Gasteiger partial charge is 0.463 e. The average Bonchev–Trinajstić information content (AvgIpc) is 2.87. The Labute approximate surface area is 149 Å². The molecule has 0 bridgehead atoms. The number of nitrogen functional groups attached to an aromatic ring is 1. The van der Waals surface area contributed by atoms with Crippen LogP contribution in [0.15, 0.2) is 12.5 Å². The Morgan fingerprint density at radius 3 is 2.71 bits per heavy atom. The zero-order chi connectivity index (χ0) is 14.5. The van der Waals surface area contributed by atoms with Crippen LogP contribution < -0.4 is 5.73 Å². The Morgan fingerprint density at radius 2 is 2.10 bits per heavy atom. The van der Waals surface area contributed by atoms with Gasteiger partial charge in [0.1, 0.15) is 0 Å². The summed E-state index contributed by atoms with van der Waals surface area (Å²) in [7, 11) is 0. The van der Waals surface area contributed by atoms with E-state index in [9.17, 15) is 0 Å². The molecule has 6 nitrogen and oxygen atoms in total. The number of rotatable bonds is 2. The first-order valence-electron chi connectivity index (χ1n) is 6.49. The Bertz CT molecular complexity index is 656. The van der Waals surface area contributed by atoms with Crippen molar-refractivity contribution < 1.29 is 42.2 Å². The van der Waals surface area contributed by atoms with Gasteiger partial charge >= 0.3 is 0 Å². The number of fused-ring (bicyclic) bond motifs is 1. The van der Waals surface area contributed by atoms with Crippen molar-refractivity contribution in [3.63, 3.8) is 0 Å². The van der Waals surface area contributed by atoms with E-state index in [-0.39, 0.29) is 44.9 Å². The molecule has 0 aromatic carbocycles. The number of ether oxygens (including phenoxy) is 2. The topological polar surface area (TPSA) is 75.2 Å². The molecule has 1 aliphatic rings. The number of hydrogen-bond acceptors (Lipinski definition) is 5.